The van der Waals surface area contributed by atoms with E-state index in [9.17, 15) is 17.6 Å². The van der Waals surface area contributed by atoms with Gasteiger partial charge in [0.05, 0.1) is 11.3 Å². The molecule has 8 heteroatoms. The molecule has 0 unspecified atom stereocenters. The minimum absolute atomic E-state index is 0.143. The number of anilines is 1. The van der Waals surface area contributed by atoms with Crippen LogP contribution in [0.1, 0.15) is 15.9 Å². The van der Waals surface area contributed by atoms with E-state index in [1.54, 1.807) is 18.2 Å². The van der Waals surface area contributed by atoms with Gasteiger partial charge >= 0.3 is 5.97 Å². The Bertz CT molecular complexity index is 852. The van der Waals surface area contributed by atoms with Gasteiger partial charge in [0.1, 0.15) is 10.7 Å². The first-order valence-corrected chi connectivity index (χ1v) is 8.31. The number of carboxylic acids is 1. The molecule has 0 aliphatic heterocycles. The molecule has 2 N–H and O–H groups in total. The van der Waals surface area contributed by atoms with Gasteiger partial charge in [0.25, 0.3) is 10.0 Å². The largest absolute Gasteiger partial charge is 0.478 e. The summed E-state index contributed by atoms with van der Waals surface area (Å²) in [5.74, 6) is -2.34. The number of hydrogen-bond donors (Lipinski definition) is 2. The average molecular weight is 388 g/mol. The standard InChI is InChI=1S/C14H11BrFNO4S/c1-8-6-11(16)13(7-9(8)14(18)19)22(20,21)17-12-5-3-2-4-10(12)15/h2-7,17H,1H3,(H,18,19). The van der Waals surface area contributed by atoms with Crippen molar-refractivity contribution in [3.63, 3.8) is 0 Å². The number of carboxylic acid groups (broad SMARTS) is 1. The zero-order valence-corrected chi connectivity index (χ0v) is 13.7. The second-order valence-electron chi connectivity index (χ2n) is 4.49. The number of halogens is 2. The summed E-state index contributed by atoms with van der Waals surface area (Å²) in [6, 6.07) is 8.11. The molecule has 5 nitrogen and oxygen atoms in total. The molecule has 0 aromatic heterocycles. The third kappa shape index (κ3) is 3.28. The molecule has 116 valence electrons. The highest BCUT2D eigenvalue weighted by atomic mass is 79.9. The van der Waals surface area contributed by atoms with Crippen LogP contribution in [0.3, 0.4) is 0 Å². The molecule has 0 fully saturated rings. The zero-order valence-electron chi connectivity index (χ0n) is 11.3. The Morgan fingerprint density at radius 2 is 1.91 bits per heavy atom. The van der Waals surface area contributed by atoms with Gasteiger partial charge in [-0.15, -0.1) is 0 Å². The third-order valence-corrected chi connectivity index (χ3v) is 4.99. The van der Waals surface area contributed by atoms with Crippen LogP contribution in [0.2, 0.25) is 0 Å². The maximum Gasteiger partial charge on any atom is 0.335 e. The van der Waals surface area contributed by atoms with Crippen LogP contribution in [0.5, 0.6) is 0 Å². The van der Waals surface area contributed by atoms with Crippen LogP contribution in [0, 0.1) is 12.7 Å². The van der Waals surface area contributed by atoms with E-state index in [2.05, 4.69) is 20.7 Å². The lowest BCUT2D eigenvalue weighted by Gasteiger charge is -2.12. The normalized spacial score (nSPS) is 11.2. The van der Waals surface area contributed by atoms with Crippen molar-refractivity contribution >= 4 is 37.6 Å². The van der Waals surface area contributed by atoms with Gasteiger partial charge in [-0.2, -0.15) is 0 Å². The van der Waals surface area contributed by atoms with Crippen LogP contribution in [0.15, 0.2) is 45.8 Å². The minimum Gasteiger partial charge on any atom is -0.478 e. The molecule has 0 bridgehead atoms. The van der Waals surface area contributed by atoms with Crippen molar-refractivity contribution in [1.82, 2.24) is 0 Å². The van der Waals surface area contributed by atoms with Gasteiger partial charge in [-0.25, -0.2) is 17.6 Å². The monoisotopic (exact) mass is 387 g/mol. The smallest absolute Gasteiger partial charge is 0.335 e. The third-order valence-electron chi connectivity index (χ3n) is 2.92. The van der Waals surface area contributed by atoms with Gasteiger partial charge in [-0.1, -0.05) is 12.1 Å². The number of aryl methyl sites for hydroxylation is 1. The summed E-state index contributed by atoms with van der Waals surface area (Å²) in [5.41, 5.74) is 0.0955. The van der Waals surface area contributed by atoms with Crippen LogP contribution in [-0.4, -0.2) is 19.5 Å². The topological polar surface area (TPSA) is 83.5 Å². The summed E-state index contributed by atoms with van der Waals surface area (Å²) in [6.45, 7) is 1.39. The fourth-order valence-corrected chi connectivity index (χ4v) is 3.51. The number of hydrogen-bond acceptors (Lipinski definition) is 3. The summed E-state index contributed by atoms with van der Waals surface area (Å²) in [6.07, 6.45) is 0. The highest BCUT2D eigenvalue weighted by Crippen LogP contribution is 2.26. The van der Waals surface area contributed by atoms with E-state index in [1.165, 1.54) is 13.0 Å². The molecule has 0 saturated heterocycles. The van der Waals surface area contributed by atoms with E-state index in [0.29, 0.717) is 4.47 Å². The molecular formula is C14H11BrFNO4S. The lowest BCUT2D eigenvalue weighted by Crippen LogP contribution is -2.16. The Hall–Kier alpha value is -1.93. The predicted molar refractivity (Wildman–Crippen MR) is 83.0 cm³/mol. The number of nitrogens with one attached hydrogen (secondary N) is 1. The average Bonchev–Trinajstić information content (AvgIpc) is 2.40. The summed E-state index contributed by atoms with van der Waals surface area (Å²) in [7, 11) is -4.26. The minimum atomic E-state index is -4.26. The number of para-hydroxylation sites is 1. The van der Waals surface area contributed by atoms with Gasteiger partial charge in [0.15, 0.2) is 0 Å². The second-order valence-corrected chi connectivity index (χ2v) is 6.99. The maximum atomic E-state index is 14.0. The highest BCUT2D eigenvalue weighted by molar-refractivity contribution is 9.10. The first-order chi connectivity index (χ1) is 10.2. The molecule has 2 rings (SSSR count). The van der Waals surface area contributed by atoms with Crippen molar-refractivity contribution in [1.29, 1.82) is 0 Å². The first-order valence-electron chi connectivity index (χ1n) is 6.03. The van der Waals surface area contributed by atoms with E-state index >= 15 is 0 Å². The maximum absolute atomic E-state index is 14.0. The van der Waals surface area contributed by atoms with Crippen molar-refractivity contribution in [2.24, 2.45) is 0 Å². The van der Waals surface area contributed by atoms with Gasteiger partial charge in [0.2, 0.25) is 0 Å². The predicted octanol–water partition coefficient (Wildman–Crippen LogP) is 3.40. The van der Waals surface area contributed by atoms with Gasteiger partial charge < -0.3 is 5.11 Å². The quantitative estimate of drug-likeness (QED) is 0.841. The lowest BCUT2D eigenvalue weighted by atomic mass is 10.1. The number of benzene rings is 2. The van der Waals surface area contributed by atoms with Crippen molar-refractivity contribution in [3.8, 4) is 0 Å². The molecule has 0 aliphatic carbocycles. The summed E-state index contributed by atoms with van der Waals surface area (Å²) in [4.78, 5) is 10.4. The number of carbonyl (C=O) groups is 1. The molecule has 2 aromatic carbocycles. The Morgan fingerprint density at radius 1 is 1.27 bits per heavy atom. The zero-order chi connectivity index (χ0) is 16.5. The summed E-state index contributed by atoms with van der Waals surface area (Å²) >= 11 is 3.17. The van der Waals surface area contributed by atoms with E-state index in [-0.39, 0.29) is 16.8 Å². The van der Waals surface area contributed by atoms with Crippen LogP contribution >= 0.6 is 15.9 Å². The highest BCUT2D eigenvalue weighted by Gasteiger charge is 2.23. The van der Waals surface area contributed by atoms with Crippen molar-refractivity contribution in [3.05, 3.63) is 57.8 Å². The van der Waals surface area contributed by atoms with Crippen molar-refractivity contribution in [2.75, 3.05) is 4.72 Å². The first kappa shape index (κ1) is 16.4. The Morgan fingerprint density at radius 3 is 2.50 bits per heavy atom. The van der Waals surface area contributed by atoms with Crippen LogP contribution < -0.4 is 4.72 Å². The van der Waals surface area contributed by atoms with E-state index < -0.39 is 26.7 Å². The lowest BCUT2D eigenvalue weighted by molar-refractivity contribution is 0.0695. The number of sulfonamides is 1. The SMILES string of the molecule is Cc1cc(F)c(S(=O)(=O)Nc2ccccc2Br)cc1C(=O)O. The molecule has 0 aliphatic rings. The van der Waals surface area contributed by atoms with E-state index in [1.807, 2.05) is 0 Å². The fourth-order valence-electron chi connectivity index (χ4n) is 1.83. The Balaban J connectivity index is 2.52. The molecule has 0 spiro atoms. The van der Waals surface area contributed by atoms with Crippen LogP contribution in [0.25, 0.3) is 0 Å². The van der Waals surface area contributed by atoms with Gasteiger partial charge in [-0.3, -0.25) is 4.72 Å². The van der Waals surface area contributed by atoms with E-state index in [4.69, 9.17) is 5.11 Å². The van der Waals surface area contributed by atoms with Gasteiger partial charge in [0, 0.05) is 4.47 Å². The molecule has 2 aromatic rings. The van der Waals surface area contributed by atoms with E-state index in [0.717, 1.165) is 12.1 Å². The van der Waals surface area contributed by atoms with Gasteiger partial charge in [-0.05, 0) is 52.7 Å². The number of rotatable bonds is 4. The molecule has 0 amide bonds. The van der Waals surface area contributed by atoms with Crippen molar-refractivity contribution < 1.29 is 22.7 Å². The fraction of sp³-hybridized carbons (Fsp3) is 0.0714. The van der Waals surface area contributed by atoms with Crippen molar-refractivity contribution in [2.45, 2.75) is 11.8 Å². The molecule has 0 atom stereocenters. The van der Waals surface area contributed by atoms with Crippen LogP contribution in [-0.2, 0) is 10.0 Å². The summed E-state index contributed by atoms with van der Waals surface area (Å²) < 4.78 is 41.3. The summed E-state index contributed by atoms with van der Waals surface area (Å²) in [5, 5.41) is 9.04. The molecule has 22 heavy (non-hydrogen) atoms. The molecule has 0 heterocycles. The molecule has 0 saturated carbocycles. The van der Waals surface area contributed by atoms with Crippen LogP contribution in [0.4, 0.5) is 10.1 Å². The number of aromatic carboxylic acids is 1. The Kier molecular flexibility index (Phi) is 4.52. The molecular weight excluding hydrogens is 377 g/mol. The molecule has 0 radical (unpaired) electrons. The Labute approximate surface area is 135 Å². The second kappa shape index (κ2) is 6.05.